The maximum absolute atomic E-state index is 12.6. The lowest BCUT2D eigenvalue weighted by atomic mass is 10.2. The van der Waals surface area contributed by atoms with E-state index in [1.54, 1.807) is 29.7 Å². The summed E-state index contributed by atoms with van der Waals surface area (Å²) in [5, 5.41) is 6.47. The van der Waals surface area contributed by atoms with Crippen molar-refractivity contribution >= 4 is 16.0 Å². The number of ether oxygens (including phenoxy) is 1. The van der Waals surface area contributed by atoms with E-state index >= 15 is 0 Å². The molecule has 0 unspecified atom stereocenters. The van der Waals surface area contributed by atoms with E-state index in [1.807, 2.05) is 24.3 Å². The first-order valence-electron chi connectivity index (χ1n) is 10.2. The summed E-state index contributed by atoms with van der Waals surface area (Å²) in [6.45, 7) is 3.60. The number of hydrogen-bond acceptors (Lipinski definition) is 5. The number of guanidine groups is 1. The van der Waals surface area contributed by atoms with Crippen molar-refractivity contribution in [3.05, 3.63) is 54.0 Å². The Balaban J connectivity index is 1.37. The molecule has 0 bridgehead atoms. The van der Waals surface area contributed by atoms with Crippen molar-refractivity contribution < 1.29 is 17.6 Å². The summed E-state index contributed by atoms with van der Waals surface area (Å²) in [6.07, 6.45) is 4.34. The van der Waals surface area contributed by atoms with Gasteiger partial charge in [0.05, 0.1) is 11.2 Å². The van der Waals surface area contributed by atoms with Gasteiger partial charge in [-0.05, 0) is 49.1 Å². The minimum absolute atomic E-state index is 0.352. The van der Waals surface area contributed by atoms with Gasteiger partial charge in [-0.2, -0.15) is 4.31 Å². The van der Waals surface area contributed by atoms with Crippen molar-refractivity contribution in [2.45, 2.75) is 37.3 Å². The van der Waals surface area contributed by atoms with Gasteiger partial charge in [0.2, 0.25) is 10.0 Å². The maximum Gasteiger partial charge on any atom is 0.243 e. The van der Waals surface area contributed by atoms with Crippen LogP contribution in [0, 0.1) is 0 Å². The SMILES string of the molecule is CN=C(NCCCOCc1ccco1)NCc1ccc(S(=O)(=O)N2CCCC2)cc1. The van der Waals surface area contributed by atoms with Gasteiger partial charge in [0.25, 0.3) is 0 Å². The number of aliphatic imine (C=N–C) groups is 1. The van der Waals surface area contributed by atoms with Crippen LogP contribution in [0.25, 0.3) is 0 Å². The highest BCUT2D eigenvalue weighted by Crippen LogP contribution is 2.21. The molecule has 0 amide bonds. The number of nitrogens with one attached hydrogen (secondary N) is 2. The lowest BCUT2D eigenvalue weighted by Gasteiger charge is -2.16. The van der Waals surface area contributed by atoms with Gasteiger partial charge < -0.3 is 19.8 Å². The van der Waals surface area contributed by atoms with Crippen LogP contribution in [0.4, 0.5) is 0 Å². The fourth-order valence-corrected chi connectivity index (χ4v) is 4.73. The van der Waals surface area contributed by atoms with Crippen LogP contribution in [0.5, 0.6) is 0 Å². The average molecular weight is 435 g/mol. The number of hydrogen-bond donors (Lipinski definition) is 2. The Bertz CT molecular complexity index is 890. The number of furan rings is 1. The Morgan fingerprint density at radius 1 is 1.17 bits per heavy atom. The van der Waals surface area contributed by atoms with E-state index in [0.29, 0.717) is 43.7 Å². The molecule has 3 rings (SSSR count). The van der Waals surface area contributed by atoms with Gasteiger partial charge in [-0.3, -0.25) is 4.99 Å². The summed E-state index contributed by atoms with van der Waals surface area (Å²) in [7, 11) is -1.65. The molecule has 0 atom stereocenters. The van der Waals surface area contributed by atoms with Gasteiger partial charge in [0, 0.05) is 39.8 Å². The minimum atomic E-state index is -3.37. The van der Waals surface area contributed by atoms with E-state index in [0.717, 1.165) is 37.1 Å². The largest absolute Gasteiger partial charge is 0.467 e. The first kappa shape index (κ1) is 22.3. The second kappa shape index (κ2) is 11.1. The first-order valence-corrected chi connectivity index (χ1v) is 11.7. The molecule has 164 valence electrons. The molecule has 9 heteroatoms. The van der Waals surface area contributed by atoms with E-state index in [9.17, 15) is 8.42 Å². The molecule has 0 aliphatic carbocycles. The molecule has 1 saturated heterocycles. The van der Waals surface area contributed by atoms with Crippen LogP contribution in [0.15, 0.2) is 57.0 Å². The first-order chi connectivity index (χ1) is 14.6. The third-order valence-corrected chi connectivity index (χ3v) is 6.80. The summed E-state index contributed by atoms with van der Waals surface area (Å²) in [4.78, 5) is 4.56. The summed E-state index contributed by atoms with van der Waals surface area (Å²) in [5.41, 5.74) is 0.986. The van der Waals surface area contributed by atoms with Crippen molar-refractivity contribution in [3.8, 4) is 0 Å². The summed E-state index contributed by atoms with van der Waals surface area (Å²) < 4.78 is 37.5. The van der Waals surface area contributed by atoms with Gasteiger partial charge in [0.1, 0.15) is 12.4 Å². The Morgan fingerprint density at radius 2 is 1.93 bits per heavy atom. The van der Waals surface area contributed by atoms with E-state index in [1.165, 1.54) is 0 Å². The van der Waals surface area contributed by atoms with Crippen molar-refractivity contribution in [2.75, 3.05) is 33.3 Å². The summed E-state index contributed by atoms with van der Waals surface area (Å²) in [5.74, 6) is 1.51. The van der Waals surface area contributed by atoms with Gasteiger partial charge in [-0.15, -0.1) is 0 Å². The highest BCUT2D eigenvalue weighted by Gasteiger charge is 2.26. The van der Waals surface area contributed by atoms with Crippen LogP contribution in [-0.2, 0) is 27.9 Å². The van der Waals surface area contributed by atoms with Crippen LogP contribution in [0.3, 0.4) is 0 Å². The number of benzene rings is 1. The Hall–Kier alpha value is -2.36. The van der Waals surface area contributed by atoms with Gasteiger partial charge in [0.15, 0.2) is 5.96 Å². The zero-order chi connectivity index (χ0) is 21.2. The quantitative estimate of drug-likeness (QED) is 0.339. The van der Waals surface area contributed by atoms with E-state index in [4.69, 9.17) is 9.15 Å². The number of sulfonamides is 1. The second-order valence-corrected chi connectivity index (χ2v) is 9.03. The summed E-state index contributed by atoms with van der Waals surface area (Å²) >= 11 is 0. The molecular weight excluding hydrogens is 404 g/mol. The molecule has 1 aromatic heterocycles. The van der Waals surface area contributed by atoms with Gasteiger partial charge in [-0.1, -0.05) is 12.1 Å². The molecule has 0 spiro atoms. The van der Waals surface area contributed by atoms with Crippen molar-refractivity contribution in [2.24, 2.45) is 4.99 Å². The minimum Gasteiger partial charge on any atom is -0.467 e. The molecule has 1 aliphatic rings. The zero-order valence-electron chi connectivity index (χ0n) is 17.3. The lowest BCUT2D eigenvalue weighted by molar-refractivity contribution is 0.105. The fraction of sp³-hybridized carbons (Fsp3) is 0.476. The summed E-state index contributed by atoms with van der Waals surface area (Å²) in [6, 6.07) is 10.8. The standard InChI is InChI=1S/C21H30N4O4S/c1-22-21(23-11-5-14-28-17-19-6-4-15-29-19)24-16-18-7-9-20(10-8-18)30(26,27)25-12-2-3-13-25/h4,6-10,15H,2-3,5,11-14,16-17H2,1H3,(H2,22,23,24). The van der Waals surface area contributed by atoms with Crippen molar-refractivity contribution in [1.29, 1.82) is 0 Å². The predicted octanol–water partition coefficient (Wildman–Crippen LogP) is 2.34. The van der Waals surface area contributed by atoms with Crippen LogP contribution >= 0.6 is 0 Å². The molecular formula is C21H30N4O4S. The highest BCUT2D eigenvalue weighted by atomic mass is 32.2. The van der Waals surface area contributed by atoms with Crippen LogP contribution in [0.2, 0.25) is 0 Å². The monoisotopic (exact) mass is 434 g/mol. The Morgan fingerprint density at radius 3 is 2.60 bits per heavy atom. The second-order valence-electron chi connectivity index (χ2n) is 7.09. The topological polar surface area (TPSA) is 96.2 Å². The molecule has 0 radical (unpaired) electrons. The third-order valence-electron chi connectivity index (χ3n) is 4.89. The van der Waals surface area contributed by atoms with E-state index in [2.05, 4.69) is 15.6 Å². The molecule has 1 aromatic carbocycles. The van der Waals surface area contributed by atoms with E-state index in [-0.39, 0.29) is 0 Å². The zero-order valence-corrected chi connectivity index (χ0v) is 18.2. The maximum atomic E-state index is 12.6. The molecule has 8 nitrogen and oxygen atoms in total. The molecule has 0 saturated carbocycles. The molecule has 1 aliphatic heterocycles. The molecule has 30 heavy (non-hydrogen) atoms. The fourth-order valence-electron chi connectivity index (χ4n) is 3.21. The van der Waals surface area contributed by atoms with Crippen molar-refractivity contribution in [3.63, 3.8) is 0 Å². The highest BCUT2D eigenvalue weighted by molar-refractivity contribution is 7.89. The van der Waals surface area contributed by atoms with Gasteiger partial charge >= 0.3 is 0 Å². The number of nitrogens with zero attached hydrogens (tertiary/aromatic N) is 2. The molecule has 2 heterocycles. The number of rotatable bonds is 10. The van der Waals surface area contributed by atoms with Crippen LogP contribution in [0.1, 0.15) is 30.6 Å². The molecule has 2 aromatic rings. The predicted molar refractivity (Wildman–Crippen MR) is 116 cm³/mol. The average Bonchev–Trinajstić information content (AvgIpc) is 3.47. The van der Waals surface area contributed by atoms with Gasteiger partial charge in [-0.25, -0.2) is 8.42 Å². The normalized spacial score (nSPS) is 15.4. The Kier molecular flexibility index (Phi) is 8.30. The smallest absolute Gasteiger partial charge is 0.243 e. The van der Waals surface area contributed by atoms with Crippen LogP contribution in [-0.4, -0.2) is 52.0 Å². The third kappa shape index (κ3) is 6.32. The van der Waals surface area contributed by atoms with E-state index < -0.39 is 10.0 Å². The van der Waals surface area contributed by atoms with Crippen molar-refractivity contribution in [1.82, 2.24) is 14.9 Å². The molecule has 1 fully saturated rings. The van der Waals surface area contributed by atoms with Crippen LogP contribution < -0.4 is 10.6 Å². The molecule has 2 N–H and O–H groups in total. The Labute approximate surface area is 178 Å². The lowest BCUT2D eigenvalue weighted by Crippen LogP contribution is -2.37.